The molecule has 0 aliphatic heterocycles. The van der Waals surface area contributed by atoms with Gasteiger partial charge in [-0.15, -0.1) is 0 Å². The second-order valence-corrected chi connectivity index (χ2v) is 4.67. The molecule has 6 heteroatoms. The molecule has 6 nitrogen and oxygen atoms in total. The Morgan fingerprint density at radius 2 is 1.50 bits per heavy atom. The minimum absolute atomic E-state index is 0.0695. The first kappa shape index (κ1) is 15.5. The Kier molecular flexibility index (Phi) is 4.75. The molecular formula is C16H20N6. The molecule has 0 atom stereocenters. The zero-order valence-electron chi connectivity index (χ0n) is 12.5. The first-order valence-electron chi connectivity index (χ1n) is 6.85. The maximum Gasteiger partial charge on any atom is 0.191 e. The maximum atomic E-state index is 5.41. The van der Waals surface area contributed by atoms with E-state index in [0.717, 1.165) is 17.8 Å². The van der Waals surface area contributed by atoms with Gasteiger partial charge in [-0.25, -0.2) is 9.98 Å². The molecule has 3 rings (SSSR count). The summed E-state index contributed by atoms with van der Waals surface area (Å²) in [4.78, 5) is 8.18. The van der Waals surface area contributed by atoms with Crippen LogP contribution in [-0.2, 0) is 6.42 Å². The molecule has 0 bridgehead atoms. The standard InChI is InChI=1S/C15H15N5.CH5N/c16-8-19-11-1-3-13-9(6-11)5-10-7-12(20-15(17)18)2-4-14(10)13;1-2/h1-4,6-8H,5H2,(H2,16,19)(H4,17,18,20);2H2,1H3. The Morgan fingerprint density at radius 1 is 0.955 bits per heavy atom. The average Bonchev–Trinajstić information content (AvgIpc) is 2.85. The number of benzene rings is 2. The first-order valence-corrected chi connectivity index (χ1v) is 6.85. The van der Waals surface area contributed by atoms with E-state index in [-0.39, 0.29) is 5.96 Å². The summed E-state index contributed by atoms with van der Waals surface area (Å²) in [6, 6.07) is 12.1. The van der Waals surface area contributed by atoms with Crippen LogP contribution in [0.1, 0.15) is 11.1 Å². The van der Waals surface area contributed by atoms with Crippen LogP contribution in [0.2, 0.25) is 0 Å². The van der Waals surface area contributed by atoms with Gasteiger partial charge in [-0.3, -0.25) is 0 Å². The van der Waals surface area contributed by atoms with E-state index in [1.165, 1.54) is 35.6 Å². The van der Waals surface area contributed by atoms with Gasteiger partial charge in [0.2, 0.25) is 0 Å². The molecule has 22 heavy (non-hydrogen) atoms. The molecule has 0 radical (unpaired) electrons. The summed E-state index contributed by atoms with van der Waals surface area (Å²) in [5, 5.41) is 0. The summed E-state index contributed by atoms with van der Waals surface area (Å²) in [6.07, 6.45) is 2.16. The molecule has 114 valence electrons. The largest absolute Gasteiger partial charge is 0.390 e. The fourth-order valence-electron chi connectivity index (χ4n) is 2.57. The monoisotopic (exact) mass is 296 g/mol. The third kappa shape index (κ3) is 3.07. The number of nitrogens with zero attached hydrogens (tertiary/aromatic N) is 2. The summed E-state index contributed by atoms with van der Waals surface area (Å²) in [7, 11) is 1.50. The second kappa shape index (κ2) is 6.73. The van der Waals surface area contributed by atoms with Crippen LogP contribution in [0.5, 0.6) is 0 Å². The molecule has 0 aromatic heterocycles. The fourth-order valence-corrected chi connectivity index (χ4v) is 2.57. The van der Waals surface area contributed by atoms with Gasteiger partial charge in [-0.2, -0.15) is 0 Å². The topological polar surface area (TPSA) is 129 Å². The number of rotatable bonds is 2. The Labute approximate surface area is 129 Å². The summed E-state index contributed by atoms with van der Waals surface area (Å²) in [5.41, 5.74) is 27.2. The van der Waals surface area contributed by atoms with E-state index in [0.29, 0.717) is 0 Å². The summed E-state index contributed by atoms with van der Waals surface area (Å²) in [6.45, 7) is 0. The number of nitrogens with two attached hydrogens (primary N) is 4. The summed E-state index contributed by atoms with van der Waals surface area (Å²) >= 11 is 0. The van der Waals surface area contributed by atoms with Crippen molar-refractivity contribution in [3.05, 3.63) is 47.5 Å². The Hall–Kier alpha value is -2.86. The van der Waals surface area contributed by atoms with Crippen molar-refractivity contribution >= 4 is 23.7 Å². The molecule has 1 aliphatic carbocycles. The Bertz CT molecular complexity index is 729. The fraction of sp³-hybridized carbons (Fsp3) is 0.125. The molecule has 2 aromatic rings. The zero-order valence-corrected chi connectivity index (χ0v) is 12.5. The molecule has 0 saturated heterocycles. The highest BCUT2D eigenvalue weighted by Gasteiger charge is 2.18. The van der Waals surface area contributed by atoms with Gasteiger partial charge in [0.15, 0.2) is 5.96 Å². The number of guanidine groups is 1. The highest BCUT2D eigenvalue weighted by atomic mass is 15.0. The summed E-state index contributed by atoms with van der Waals surface area (Å²) in [5.74, 6) is 0.0695. The van der Waals surface area contributed by atoms with Crippen molar-refractivity contribution in [3.8, 4) is 11.1 Å². The van der Waals surface area contributed by atoms with Gasteiger partial charge in [0.25, 0.3) is 0 Å². The maximum absolute atomic E-state index is 5.41. The van der Waals surface area contributed by atoms with E-state index < -0.39 is 0 Å². The van der Waals surface area contributed by atoms with Gasteiger partial charge in [-0.05, 0) is 60.0 Å². The Morgan fingerprint density at radius 3 is 2.05 bits per heavy atom. The van der Waals surface area contributed by atoms with Crippen LogP contribution in [0.3, 0.4) is 0 Å². The van der Waals surface area contributed by atoms with Gasteiger partial charge in [-0.1, -0.05) is 12.1 Å². The quantitative estimate of drug-likeness (QED) is 0.420. The van der Waals surface area contributed by atoms with E-state index in [4.69, 9.17) is 17.2 Å². The van der Waals surface area contributed by atoms with Crippen molar-refractivity contribution in [2.45, 2.75) is 6.42 Å². The van der Waals surface area contributed by atoms with Gasteiger partial charge >= 0.3 is 0 Å². The van der Waals surface area contributed by atoms with E-state index in [1.807, 2.05) is 18.2 Å². The first-order chi connectivity index (χ1) is 10.7. The normalized spacial score (nSPS) is 11.4. The average molecular weight is 296 g/mol. The predicted octanol–water partition coefficient (Wildman–Crippen LogP) is 1.36. The van der Waals surface area contributed by atoms with Crippen LogP contribution in [0.4, 0.5) is 11.4 Å². The van der Waals surface area contributed by atoms with E-state index >= 15 is 0 Å². The second-order valence-electron chi connectivity index (χ2n) is 4.67. The number of aliphatic imine (C=N–C) groups is 2. The predicted molar refractivity (Wildman–Crippen MR) is 92.6 cm³/mol. The number of hydrogen-bond acceptors (Lipinski definition) is 3. The zero-order chi connectivity index (χ0) is 16.1. The SMILES string of the molecule is CN.NC=Nc1ccc2c(c1)Cc1cc(N=C(N)N)ccc1-2. The van der Waals surface area contributed by atoms with Gasteiger partial charge in [0.1, 0.15) is 0 Å². The molecule has 0 spiro atoms. The molecule has 0 saturated carbocycles. The molecule has 1 aliphatic rings. The van der Waals surface area contributed by atoms with Crippen LogP contribution in [-0.4, -0.2) is 19.3 Å². The van der Waals surface area contributed by atoms with Crippen molar-refractivity contribution in [2.24, 2.45) is 32.9 Å². The van der Waals surface area contributed by atoms with Crippen molar-refractivity contribution in [2.75, 3.05) is 7.05 Å². The molecule has 0 heterocycles. The number of hydrogen-bond donors (Lipinski definition) is 4. The smallest absolute Gasteiger partial charge is 0.191 e. The van der Waals surface area contributed by atoms with Crippen LogP contribution in [0, 0.1) is 0 Å². The van der Waals surface area contributed by atoms with Crippen molar-refractivity contribution in [1.29, 1.82) is 0 Å². The van der Waals surface area contributed by atoms with Crippen molar-refractivity contribution in [1.82, 2.24) is 0 Å². The van der Waals surface area contributed by atoms with Gasteiger partial charge in [0.05, 0.1) is 17.7 Å². The lowest BCUT2D eigenvalue weighted by Crippen LogP contribution is -2.21. The van der Waals surface area contributed by atoms with E-state index in [1.54, 1.807) is 0 Å². The van der Waals surface area contributed by atoms with E-state index in [9.17, 15) is 0 Å². The van der Waals surface area contributed by atoms with E-state index in [2.05, 4.69) is 33.9 Å². The third-order valence-electron chi connectivity index (χ3n) is 3.33. The minimum atomic E-state index is 0.0695. The molecular weight excluding hydrogens is 276 g/mol. The van der Waals surface area contributed by atoms with Crippen molar-refractivity contribution < 1.29 is 0 Å². The van der Waals surface area contributed by atoms with Crippen LogP contribution in [0.25, 0.3) is 11.1 Å². The lowest BCUT2D eigenvalue weighted by atomic mass is 10.1. The molecule has 8 N–H and O–H groups in total. The van der Waals surface area contributed by atoms with Crippen LogP contribution < -0.4 is 22.9 Å². The lowest BCUT2D eigenvalue weighted by molar-refractivity contribution is 1.25. The molecule has 0 unspecified atom stereocenters. The highest BCUT2D eigenvalue weighted by Crippen LogP contribution is 2.39. The Balaban J connectivity index is 0.000000847. The third-order valence-corrected chi connectivity index (χ3v) is 3.33. The number of fused-ring (bicyclic) bond motifs is 3. The highest BCUT2D eigenvalue weighted by molar-refractivity contribution is 5.82. The van der Waals surface area contributed by atoms with Crippen molar-refractivity contribution in [3.63, 3.8) is 0 Å². The van der Waals surface area contributed by atoms with Crippen LogP contribution >= 0.6 is 0 Å². The lowest BCUT2D eigenvalue weighted by Gasteiger charge is -2.02. The minimum Gasteiger partial charge on any atom is -0.390 e. The summed E-state index contributed by atoms with van der Waals surface area (Å²) < 4.78 is 0. The van der Waals surface area contributed by atoms with Crippen LogP contribution in [0.15, 0.2) is 46.4 Å². The van der Waals surface area contributed by atoms with Gasteiger partial charge in [0, 0.05) is 0 Å². The van der Waals surface area contributed by atoms with Gasteiger partial charge < -0.3 is 22.9 Å². The molecule has 2 aromatic carbocycles. The molecule has 0 amide bonds. The molecule has 0 fully saturated rings.